The summed E-state index contributed by atoms with van der Waals surface area (Å²) in [4.78, 5) is 13.9. The van der Waals surface area contributed by atoms with Crippen molar-refractivity contribution in [3.63, 3.8) is 0 Å². The molecule has 15 heavy (non-hydrogen) atoms. The number of halogens is 2. The van der Waals surface area contributed by atoms with Gasteiger partial charge in [-0.2, -0.15) is 0 Å². The van der Waals surface area contributed by atoms with Crippen LogP contribution in [0.25, 0.3) is 0 Å². The molecule has 0 bridgehead atoms. The van der Waals surface area contributed by atoms with Crippen LogP contribution >= 0.6 is 0 Å². The largest absolute Gasteiger partial charge is 0.481 e. The lowest BCUT2D eigenvalue weighted by Crippen LogP contribution is -2.37. The van der Waals surface area contributed by atoms with Crippen LogP contribution in [0.3, 0.4) is 0 Å². The van der Waals surface area contributed by atoms with Gasteiger partial charge in [-0.3, -0.25) is 9.78 Å². The van der Waals surface area contributed by atoms with E-state index in [1.165, 1.54) is 6.92 Å². The number of pyridine rings is 1. The van der Waals surface area contributed by atoms with Gasteiger partial charge in [0.15, 0.2) is 0 Å². The van der Waals surface area contributed by atoms with Gasteiger partial charge < -0.3 is 10.8 Å². The van der Waals surface area contributed by atoms with Gasteiger partial charge in [-0.1, -0.05) is 0 Å². The van der Waals surface area contributed by atoms with Gasteiger partial charge in [0.25, 0.3) is 0 Å². The fourth-order valence-corrected chi connectivity index (χ4v) is 1.23. The van der Waals surface area contributed by atoms with Gasteiger partial charge in [-0.05, 0) is 6.92 Å². The third-order valence-electron chi connectivity index (χ3n) is 1.87. The minimum atomic E-state index is -1.45. The van der Waals surface area contributed by atoms with Crippen LogP contribution in [0.15, 0.2) is 12.3 Å². The van der Waals surface area contributed by atoms with Gasteiger partial charge in [0.05, 0.1) is 23.9 Å². The van der Waals surface area contributed by atoms with Crippen LogP contribution in [0.4, 0.5) is 8.78 Å². The molecule has 0 aliphatic heterocycles. The molecule has 0 amide bonds. The number of nitrogens with zero attached hydrogens (tertiary/aromatic N) is 1. The Morgan fingerprint density at radius 1 is 1.67 bits per heavy atom. The van der Waals surface area contributed by atoms with Gasteiger partial charge in [0, 0.05) is 6.07 Å². The lowest BCUT2D eigenvalue weighted by atomic mass is 9.94. The molecule has 1 heterocycles. The minimum absolute atomic E-state index is 0.258. The van der Waals surface area contributed by atoms with Crippen molar-refractivity contribution in [2.45, 2.75) is 18.9 Å². The predicted molar refractivity (Wildman–Crippen MR) is 47.9 cm³/mol. The van der Waals surface area contributed by atoms with E-state index in [-0.39, 0.29) is 5.69 Å². The second kappa shape index (κ2) is 3.90. The average molecular weight is 216 g/mol. The molecule has 0 unspecified atom stereocenters. The molecule has 6 heteroatoms. The molecule has 0 spiro atoms. The number of hydrogen-bond donors (Lipinski definition) is 2. The number of aliphatic carboxylic acids is 1. The van der Waals surface area contributed by atoms with Gasteiger partial charge in [0.2, 0.25) is 0 Å². The maximum atomic E-state index is 13.2. The third-order valence-corrected chi connectivity index (χ3v) is 1.87. The van der Waals surface area contributed by atoms with Crippen LogP contribution in [0, 0.1) is 11.6 Å². The van der Waals surface area contributed by atoms with Crippen molar-refractivity contribution in [1.29, 1.82) is 0 Å². The first kappa shape index (κ1) is 11.5. The van der Waals surface area contributed by atoms with Gasteiger partial charge in [0.1, 0.15) is 11.6 Å². The molecule has 0 radical (unpaired) electrons. The Balaban J connectivity index is 3.09. The van der Waals surface area contributed by atoms with Crippen LogP contribution in [-0.2, 0) is 10.3 Å². The molecule has 0 saturated heterocycles. The minimum Gasteiger partial charge on any atom is -0.481 e. The van der Waals surface area contributed by atoms with Crippen LogP contribution in [0.5, 0.6) is 0 Å². The van der Waals surface area contributed by atoms with Crippen molar-refractivity contribution in [2.75, 3.05) is 0 Å². The molecule has 4 nitrogen and oxygen atoms in total. The smallest absolute Gasteiger partial charge is 0.305 e. The first-order chi connectivity index (χ1) is 6.83. The molecule has 1 aromatic rings. The van der Waals surface area contributed by atoms with E-state index in [2.05, 4.69) is 4.98 Å². The predicted octanol–water partition coefficient (Wildman–Crippen LogP) is 1.01. The molecule has 82 valence electrons. The van der Waals surface area contributed by atoms with E-state index in [0.29, 0.717) is 6.07 Å². The number of rotatable bonds is 3. The zero-order valence-corrected chi connectivity index (χ0v) is 8.00. The van der Waals surface area contributed by atoms with E-state index in [9.17, 15) is 13.6 Å². The number of nitrogens with two attached hydrogens (primary N) is 1. The van der Waals surface area contributed by atoms with Crippen molar-refractivity contribution < 1.29 is 18.7 Å². The molecule has 0 saturated carbocycles. The van der Waals surface area contributed by atoms with E-state index in [1.54, 1.807) is 0 Å². The van der Waals surface area contributed by atoms with Crippen LogP contribution in [0.2, 0.25) is 0 Å². The highest BCUT2D eigenvalue weighted by Crippen LogP contribution is 2.22. The highest BCUT2D eigenvalue weighted by molar-refractivity contribution is 5.68. The van der Waals surface area contributed by atoms with Crippen molar-refractivity contribution >= 4 is 5.97 Å². The summed E-state index contributed by atoms with van der Waals surface area (Å²) in [7, 11) is 0. The van der Waals surface area contributed by atoms with E-state index in [0.717, 1.165) is 6.20 Å². The fourth-order valence-electron chi connectivity index (χ4n) is 1.23. The number of carboxylic acid groups (broad SMARTS) is 1. The molecule has 1 aromatic heterocycles. The summed E-state index contributed by atoms with van der Waals surface area (Å²) in [6, 6.07) is 0.620. The van der Waals surface area contributed by atoms with Gasteiger partial charge in [-0.15, -0.1) is 0 Å². The Morgan fingerprint density at radius 3 is 2.73 bits per heavy atom. The topological polar surface area (TPSA) is 76.2 Å². The van der Waals surface area contributed by atoms with Crippen LogP contribution in [0.1, 0.15) is 19.0 Å². The van der Waals surface area contributed by atoms with Gasteiger partial charge >= 0.3 is 5.97 Å². The summed E-state index contributed by atoms with van der Waals surface area (Å²) < 4.78 is 25.8. The summed E-state index contributed by atoms with van der Waals surface area (Å²) >= 11 is 0. The standard InChI is InChI=1S/C9H10F2N2O2/c1-9(12,3-7(14)15)8-6(11)2-5(10)4-13-8/h2,4H,3,12H2,1H3,(H,14,15)/t9-/m0/s1. The SMILES string of the molecule is C[C@](N)(CC(=O)O)c1ncc(F)cc1F. The molecular formula is C9H10F2N2O2. The molecule has 3 N–H and O–H groups in total. The first-order valence-corrected chi connectivity index (χ1v) is 4.15. The second-order valence-corrected chi connectivity index (χ2v) is 3.47. The number of carboxylic acids is 1. The molecule has 0 aliphatic rings. The Hall–Kier alpha value is -1.56. The maximum Gasteiger partial charge on any atom is 0.305 e. The molecular weight excluding hydrogens is 206 g/mol. The maximum absolute atomic E-state index is 13.2. The van der Waals surface area contributed by atoms with Crippen LogP contribution < -0.4 is 5.73 Å². The number of hydrogen-bond acceptors (Lipinski definition) is 3. The Bertz CT molecular complexity index is 394. The molecule has 0 aliphatic carbocycles. The second-order valence-electron chi connectivity index (χ2n) is 3.47. The van der Waals surface area contributed by atoms with Crippen LogP contribution in [-0.4, -0.2) is 16.1 Å². The lowest BCUT2D eigenvalue weighted by molar-refractivity contribution is -0.138. The monoisotopic (exact) mass is 216 g/mol. The average Bonchev–Trinajstić information content (AvgIpc) is 1.99. The Morgan fingerprint density at radius 2 is 2.27 bits per heavy atom. The third kappa shape index (κ3) is 2.69. The van der Waals surface area contributed by atoms with Gasteiger partial charge in [-0.25, -0.2) is 8.78 Å². The van der Waals surface area contributed by atoms with Crippen molar-refractivity contribution in [1.82, 2.24) is 4.98 Å². The summed E-state index contributed by atoms with van der Waals surface area (Å²) in [5.41, 5.74) is 3.87. The van der Waals surface area contributed by atoms with E-state index < -0.39 is 29.6 Å². The molecule has 0 aromatic carbocycles. The fraction of sp³-hybridized carbons (Fsp3) is 0.333. The molecule has 0 fully saturated rings. The zero-order chi connectivity index (χ0) is 11.6. The van der Waals surface area contributed by atoms with E-state index in [4.69, 9.17) is 10.8 Å². The van der Waals surface area contributed by atoms with E-state index >= 15 is 0 Å². The Labute approximate surface area is 84.7 Å². The first-order valence-electron chi connectivity index (χ1n) is 4.15. The number of carbonyl (C=O) groups is 1. The lowest BCUT2D eigenvalue weighted by Gasteiger charge is -2.21. The Kier molecular flexibility index (Phi) is 2.99. The van der Waals surface area contributed by atoms with Crippen molar-refractivity contribution in [3.8, 4) is 0 Å². The van der Waals surface area contributed by atoms with E-state index in [1.807, 2.05) is 0 Å². The molecule has 1 atom stereocenters. The zero-order valence-electron chi connectivity index (χ0n) is 8.00. The quantitative estimate of drug-likeness (QED) is 0.790. The summed E-state index contributed by atoms with van der Waals surface area (Å²) in [6.07, 6.45) is 0.313. The number of aromatic nitrogens is 1. The summed E-state index contributed by atoms with van der Waals surface area (Å²) in [5, 5.41) is 8.55. The highest BCUT2D eigenvalue weighted by Gasteiger charge is 2.29. The van der Waals surface area contributed by atoms with Crippen molar-refractivity contribution in [3.05, 3.63) is 29.6 Å². The highest BCUT2D eigenvalue weighted by atomic mass is 19.1. The van der Waals surface area contributed by atoms with Crippen molar-refractivity contribution in [2.24, 2.45) is 5.73 Å². The normalized spacial score (nSPS) is 14.7. The summed E-state index contributed by atoms with van der Waals surface area (Å²) in [6.45, 7) is 1.32. The summed E-state index contributed by atoms with van der Waals surface area (Å²) in [5.74, 6) is -2.95. The molecule has 1 rings (SSSR count).